The molecule has 2 atom stereocenters. The second-order valence-corrected chi connectivity index (χ2v) is 6.67. The van der Waals surface area contributed by atoms with Crippen molar-refractivity contribution < 1.29 is 13.6 Å². The van der Waals surface area contributed by atoms with Crippen molar-refractivity contribution in [1.82, 2.24) is 15.6 Å². The van der Waals surface area contributed by atoms with Gasteiger partial charge in [0.1, 0.15) is 5.69 Å². The van der Waals surface area contributed by atoms with E-state index in [0.717, 1.165) is 25.9 Å². The molecule has 0 bridgehead atoms. The number of aromatic nitrogens is 1. The van der Waals surface area contributed by atoms with Crippen molar-refractivity contribution in [1.29, 1.82) is 0 Å². The van der Waals surface area contributed by atoms with Crippen LogP contribution in [0.3, 0.4) is 0 Å². The van der Waals surface area contributed by atoms with Crippen LogP contribution in [-0.4, -0.2) is 30.5 Å². The molecule has 1 saturated carbocycles. The Morgan fingerprint density at radius 3 is 3.05 bits per heavy atom. The fraction of sp³-hybridized carbons (Fsp3) is 0.571. The van der Waals surface area contributed by atoms with Crippen molar-refractivity contribution in [2.75, 3.05) is 19.6 Å². The van der Waals surface area contributed by atoms with E-state index in [2.05, 4.69) is 31.5 Å². The van der Waals surface area contributed by atoms with Crippen LogP contribution in [0.25, 0.3) is 0 Å². The van der Waals surface area contributed by atoms with Gasteiger partial charge >= 0.3 is 5.92 Å². The quantitative estimate of drug-likeness (QED) is 0.864. The lowest BCUT2D eigenvalue weighted by atomic mass is 9.62. The van der Waals surface area contributed by atoms with Crippen LogP contribution in [0.15, 0.2) is 22.8 Å². The Morgan fingerprint density at radius 2 is 2.43 bits per heavy atom. The van der Waals surface area contributed by atoms with Crippen molar-refractivity contribution in [3.05, 3.63) is 28.5 Å². The summed E-state index contributed by atoms with van der Waals surface area (Å²) in [4.78, 5) is 15.5. The number of alkyl halides is 2. The minimum atomic E-state index is -3.64. The minimum absolute atomic E-state index is 0.0346. The van der Waals surface area contributed by atoms with E-state index in [-0.39, 0.29) is 9.89 Å². The predicted octanol–water partition coefficient (Wildman–Crippen LogP) is 2.05. The molecule has 2 aliphatic rings. The van der Waals surface area contributed by atoms with E-state index in [9.17, 15) is 13.6 Å². The molecule has 2 fully saturated rings. The monoisotopic (exact) mass is 359 g/mol. The average molecular weight is 360 g/mol. The highest BCUT2D eigenvalue weighted by Crippen LogP contribution is 2.48. The summed E-state index contributed by atoms with van der Waals surface area (Å²) in [6.45, 7) is 2.00. The van der Waals surface area contributed by atoms with Crippen LogP contribution in [0.4, 0.5) is 8.78 Å². The van der Waals surface area contributed by atoms with Gasteiger partial charge in [0.15, 0.2) is 0 Å². The molecule has 1 amide bonds. The molecule has 21 heavy (non-hydrogen) atoms. The van der Waals surface area contributed by atoms with Crippen molar-refractivity contribution >= 4 is 21.8 Å². The van der Waals surface area contributed by atoms with Crippen LogP contribution in [0.5, 0.6) is 0 Å². The van der Waals surface area contributed by atoms with Gasteiger partial charge in [0, 0.05) is 29.2 Å². The van der Waals surface area contributed by atoms with E-state index >= 15 is 0 Å². The van der Waals surface area contributed by atoms with E-state index in [1.807, 2.05) is 0 Å². The molecule has 0 spiro atoms. The third kappa shape index (κ3) is 2.46. The lowest BCUT2D eigenvalue weighted by Gasteiger charge is -2.44. The summed E-state index contributed by atoms with van der Waals surface area (Å²) in [6.07, 6.45) is 3.33. The molecule has 1 aromatic heterocycles. The summed E-state index contributed by atoms with van der Waals surface area (Å²) in [5, 5.41) is 5.69. The first kappa shape index (κ1) is 14.8. The molecule has 4 nitrogen and oxygen atoms in total. The normalized spacial score (nSPS) is 27.9. The Kier molecular flexibility index (Phi) is 3.73. The lowest BCUT2D eigenvalue weighted by molar-refractivity contribution is -0.148. The van der Waals surface area contributed by atoms with E-state index in [4.69, 9.17) is 0 Å². The van der Waals surface area contributed by atoms with Crippen molar-refractivity contribution in [2.24, 2.45) is 11.3 Å². The Balaban J connectivity index is 1.69. The number of halogens is 3. The zero-order valence-electron chi connectivity index (χ0n) is 11.3. The SMILES string of the molecule is O=C(NC[C@]12CC[C@H]1CNC2)C(F)(F)c1ncccc1Br. The maximum absolute atomic E-state index is 14.2. The summed E-state index contributed by atoms with van der Waals surface area (Å²) < 4.78 is 28.5. The number of fused-ring (bicyclic) bond motifs is 1. The van der Waals surface area contributed by atoms with Gasteiger partial charge < -0.3 is 10.6 Å². The zero-order chi connectivity index (χ0) is 15.1. The first-order valence-corrected chi connectivity index (χ1v) is 7.73. The molecule has 1 aliphatic heterocycles. The van der Waals surface area contributed by atoms with Crippen LogP contribution in [0, 0.1) is 11.3 Å². The second kappa shape index (κ2) is 5.28. The van der Waals surface area contributed by atoms with Gasteiger partial charge in [-0.15, -0.1) is 0 Å². The van der Waals surface area contributed by atoms with Gasteiger partial charge in [-0.1, -0.05) is 0 Å². The van der Waals surface area contributed by atoms with Crippen molar-refractivity contribution in [2.45, 2.75) is 18.8 Å². The third-order valence-electron chi connectivity index (χ3n) is 4.67. The molecule has 2 heterocycles. The van der Waals surface area contributed by atoms with E-state index < -0.39 is 17.5 Å². The molecule has 0 radical (unpaired) electrons. The maximum Gasteiger partial charge on any atom is 0.367 e. The number of carbonyl (C=O) groups excluding carboxylic acids is 1. The summed E-state index contributed by atoms with van der Waals surface area (Å²) in [5.41, 5.74) is -0.581. The predicted molar refractivity (Wildman–Crippen MR) is 76.9 cm³/mol. The van der Waals surface area contributed by atoms with Crippen molar-refractivity contribution in [3.8, 4) is 0 Å². The Labute approximate surface area is 129 Å². The molecule has 0 aromatic carbocycles. The van der Waals surface area contributed by atoms with E-state index in [1.165, 1.54) is 18.3 Å². The number of nitrogens with one attached hydrogen (secondary N) is 2. The maximum atomic E-state index is 14.2. The fourth-order valence-corrected chi connectivity index (χ4v) is 3.69. The van der Waals surface area contributed by atoms with Crippen molar-refractivity contribution in [3.63, 3.8) is 0 Å². The van der Waals surface area contributed by atoms with Gasteiger partial charge in [-0.2, -0.15) is 8.78 Å². The third-order valence-corrected chi connectivity index (χ3v) is 5.31. The topological polar surface area (TPSA) is 54.0 Å². The standard InChI is InChI=1S/C14H16BrF2N3O/c15-10-2-1-5-19-11(10)14(16,17)12(21)20-8-13-4-3-9(13)6-18-7-13/h1-2,5,9,18H,3-4,6-8H2,(H,20,21)/t9-,13+/m0/s1. The number of hydrogen-bond donors (Lipinski definition) is 2. The van der Waals surface area contributed by atoms with Gasteiger partial charge in [0.2, 0.25) is 0 Å². The second-order valence-electron chi connectivity index (χ2n) is 5.82. The van der Waals surface area contributed by atoms with Crippen LogP contribution in [-0.2, 0) is 10.7 Å². The Morgan fingerprint density at radius 1 is 1.62 bits per heavy atom. The number of rotatable bonds is 4. The number of nitrogens with zero attached hydrogens (tertiary/aromatic N) is 1. The highest BCUT2D eigenvalue weighted by Gasteiger charge is 2.51. The van der Waals surface area contributed by atoms with Crippen LogP contribution >= 0.6 is 15.9 Å². The highest BCUT2D eigenvalue weighted by atomic mass is 79.9. The summed E-state index contributed by atoms with van der Waals surface area (Å²) in [5.74, 6) is -4.43. The molecular formula is C14H16BrF2N3O. The Bertz CT molecular complexity index is 569. The molecule has 114 valence electrons. The first-order chi connectivity index (χ1) is 9.96. The minimum Gasteiger partial charge on any atom is -0.350 e. The molecule has 0 unspecified atom stereocenters. The molecule has 1 aromatic rings. The number of amides is 1. The first-order valence-electron chi connectivity index (χ1n) is 6.93. The summed E-state index contributed by atoms with van der Waals surface area (Å²) >= 11 is 3.02. The molecule has 1 saturated heterocycles. The summed E-state index contributed by atoms with van der Waals surface area (Å²) in [6, 6.07) is 2.98. The fourth-order valence-electron chi connectivity index (χ4n) is 3.19. The molecular weight excluding hydrogens is 344 g/mol. The van der Waals surface area contributed by atoms with E-state index in [0.29, 0.717) is 12.5 Å². The lowest BCUT2D eigenvalue weighted by Crippen LogP contribution is -2.51. The van der Waals surface area contributed by atoms with Gasteiger partial charge in [-0.3, -0.25) is 9.78 Å². The van der Waals surface area contributed by atoms with Crippen LogP contribution in [0.1, 0.15) is 18.5 Å². The van der Waals surface area contributed by atoms with Gasteiger partial charge in [-0.25, -0.2) is 0 Å². The molecule has 2 N–H and O–H groups in total. The van der Waals surface area contributed by atoms with Crippen LogP contribution in [0.2, 0.25) is 0 Å². The number of carbonyl (C=O) groups is 1. The molecule has 3 rings (SSSR count). The largest absolute Gasteiger partial charge is 0.367 e. The van der Waals surface area contributed by atoms with E-state index in [1.54, 1.807) is 0 Å². The van der Waals surface area contributed by atoms with Crippen LogP contribution < -0.4 is 10.6 Å². The van der Waals surface area contributed by atoms with Gasteiger partial charge in [-0.05, 0) is 53.4 Å². The highest BCUT2D eigenvalue weighted by molar-refractivity contribution is 9.10. The van der Waals surface area contributed by atoms with Gasteiger partial charge in [0.05, 0.1) is 0 Å². The molecule has 7 heteroatoms. The average Bonchev–Trinajstić information content (AvgIpc) is 2.72. The number of pyridine rings is 1. The number of hydrogen-bond acceptors (Lipinski definition) is 3. The van der Waals surface area contributed by atoms with Gasteiger partial charge in [0.25, 0.3) is 5.91 Å². The molecule has 1 aliphatic carbocycles. The summed E-state index contributed by atoms with van der Waals surface area (Å²) in [7, 11) is 0. The zero-order valence-corrected chi connectivity index (χ0v) is 12.9. The smallest absolute Gasteiger partial charge is 0.350 e. The Hall–Kier alpha value is -1.08.